The Hall–Kier alpha value is -1.76. The molecule has 0 aliphatic carbocycles. The minimum absolute atomic E-state index is 0.244. The normalized spacial score (nSPS) is 15.8. The summed E-state index contributed by atoms with van der Waals surface area (Å²) in [6.07, 6.45) is 0. The van der Waals surface area contributed by atoms with Crippen LogP contribution in [0.15, 0.2) is 22.7 Å². The van der Waals surface area contributed by atoms with E-state index in [2.05, 4.69) is 26.6 Å². The van der Waals surface area contributed by atoms with E-state index in [0.717, 1.165) is 10.2 Å². The average Bonchev–Trinajstić information content (AvgIpc) is 2.84. The third kappa shape index (κ3) is 3.04. The molecular formula is C13H16BrN3O3. The van der Waals surface area contributed by atoms with Crippen molar-refractivity contribution in [2.45, 2.75) is 13.0 Å². The van der Waals surface area contributed by atoms with Crippen LogP contribution < -0.4 is 15.4 Å². The first kappa shape index (κ1) is 14.6. The Bertz CT molecular complexity index is 536. The summed E-state index contributed by atoms with van der Waals surface area (Å²) in [7, 11) is 1.59. The van der Waals surface area contributed by atoms with E-state index >= 15 is 0 Å². The highest BCUT2D eigenvalue weighted by Crippen LogP contribution is 2.28. The second-order valence-corrected chi connectivity index (χ2v) is 5.29. The van der Waals surface area contributed by atoms with Gasteiger partial charge in [-0.15, -0.1) is 0 Å². The minimum Gasteiger partial charge on any atom is -0.496 e. The van der Waals surface area contributed by atoms with Gasteiger partial charge in [-0.1, -0.05) is 0 Å². The van der Waals surface area contributed by atoms with Crippen LogP contribution >= 0.6 is 15.9 Å². The molecule has 0 spiro atoms. The van der Waals surface area contributed by atoms with Gasteiger partial charge in [0.1, 0.15) is 11.8 Å². The highest BCUT2D eigenvalue weighted by Gasteiger charge is 2.29. The molecule has 1 fully saturated rings. The number of ether oxygens (including phenoxy) is 1. The molecule has 0 bridgehead atoms. The molecule has 2 N–H and O–H groups in total. The molecule has 3 amide bonds. The Balaban J connectivity index is 2.03. The van der Waals surface area contributed by atoms with Gasteiger partial charge >= 0.3 is 6.03 Å². The fraction of sp³-hybridized carbons (Fsp3) is 0.385. The van der Waals surface area contributed by atoms with E-state index in [1.807, 2.05) is 12.1 Å². The molecule has 0 radical (unpaired) electrons. The van der Waals surface area contributed by atoms with E-state index < -0.39 is 6.04 Å². The van der Waals surface area contributed by atoms with Crippen LogP contribution in [0.1, 0.15) is 6.92 Å². The van der Waals surface area contributed by atoms with E-state index in [1.54, 1.807) is 20.1 Å². The van der Waals surface area contributed by atoms with E-state index in [1.165, 1.54) is 4.90 Å². The van der Waals surface area contributed by atoms with Gasteiger partial charge in [0.05, 0.1) is 11.6 Å². The standard InChI is InChI=1S/C13H16BrN3O3/c1-8(12(18)17-6-5-15-13(17)19)16-9-3-4-11(20-2)10(14)7-9/h3-4,7-8,16H,5-6H2,1-2H3,(H,15,19)/t8-/m1/s1. The molecule has 7 heteroatoms. The predicted molar refractivity (Wildman–Crippen MR) is 78.9 cm³/mol. The Morgan fingerprint density at radius 1 is 1.55 bits per heavy atom. The van der Waals surface area contributed by atoms with Gasteiger partial charge in [-0.25, -0.2) is 4.79 Å². The zero-order chi connectivity index (χ0) is 14.7. The number of imide groups is 1. The molecule has 6 nitrogen and oxygen atoms in total. The number of hydrogen-bond donors (Lipinski definition) is 2. The molecule has 1 saturated heterocycles. The van der Waals surface area contributed by atoms with Crippen LogP contribution in [0.4, 0.5) is 10.5 Å². The van der Waals surface area contributed by atoms with Crippen LogP contribution in [-0.2, 0) is 4.79 Å². The first-order chi connectivity index (χ1) is 9.52. The number of rotatable bonds is 4. The minimum atomic E-state index is -0.487. The molecule has 1 heterocycles. The topological polar surface area (TPSA) is 70.7 Å². The molecular weight excluding hydrogens is 326 g/mol. The first-order valence-electron chi connectivity index (χ1n) is 6.22. The summed E-state index contributed by atoms with van der Waals surface area (Å²) in [5.74, 6) is 0.473. The van der Waals surface area contributed by atoms with Crippen LogP contribution in [0.2, 0.25) is 0 Å². The molecule has 20 heavy (non-hydrogen) atoms. The van der Waals surface area contributed by atoms with E-state index in [0.29, 0.717) is 18.8 Å². The van der Waals surface area contributed by atoms with Gasteiger partial charge in [-0.2, -0.15) is 0 Å². The SMILES string of the molecule is COc1ccc(N[C@H](C)C(=O)N2CCNC2=O)cc1Br. The van der Waals surface area contributed by atoms with Crippen LogP contribution in [0.25, 0.3) is 0 Å². The monoisotopic (exact) mass is 341 g/mol. The number of methoxy groups -OCH3 is 1. The highest BCUT2D eigenvalue weighted by atomic mass is 79.9. The zero-order valence-corrected chi connectivity index (χ0v) is 12.9. The molecule has 1 aromatic carbocycles. The smallest absolute Gasteiger partial charge is 0.324 e. The zero-order valence-electron chi connectivity index (χ0n) is 11.3. The third-order valence-electron chi connectivity index (χ3n) is 3.03. The van der Waals surface area contributed by atoms with Gasteiger partial charge < -0.3 is 15.4 Å². The number of amides is 3. The number of anilines is 1. The Labute approximate surface area is 125 Å². The van der Waals surface area contributed by atoms with Gasteiger partial charge in [0.15, 0.2) is 0 Å². The summed E-state index contributed by atoms with van der Waals surface area (Å²) in [5, 5.41) is 5.68. The quantitative estimate of drug-likeness (QED) is 0.876. The number of carbonyl (C=O) groups is 2. The predicted octanol–water partition coefficient (Wildman–Crippen LogP) is 1.81. The van der Waals surface area contributed by atoms with Crippen molar-refractivity contribution >= 4 is 33.6 Å². The summed E-state index contributed by atoms with van der Waals surface area (Å²) in [6, 6.07) is 4.62. The summed E-state index contributed by atoms with van der Waals surface area (Å²) in [4.78, 5) is 24.8. The lowest BCUT2D eigenvalue weighted by atomic mass is 10.2. The van der Waals surface area contributed by atoms with Gasteiger partial charge in [0.2, 0.25) is 0 Å². The maximum absolute atomic E-state index is 12.1. The van der Waals surface area contributed by atoms with Crippen molar-refractivity contribution in [2.75, 3.05) is 25.5 Å². The number of carbonyl (C=O) groups excluding carboxylic acids is 2. The fourth-order valence-electron chi connectivity index (χ4n) is 1.98. The van der Waals surface area contributed by atoms with Crippen molar-refractivity contribution in [3.63, 3.8) is 0 Å². The van der Waals surface area contributed by atoms with Gasteiger partial charge in [-0.05, 0) is 41.1 Å². The number of halogens is 1. The Morgan fingerprint density at radius 3 is 2.85 bits per heavy atom. The fourth-order valence-corrected chi connectivity index (χ4v) is 2.52. The summed E-state index contributed by atoms with van der Waals surface area (Å²) in [6.45, 7) is 2.65. The van der Waals surface area contributed by atoms with Crippen molar-refractivity contribution in [1.82, 2.24) is 10.2 Å². The number of benzene rings is 1. The third-order valence-corrected chi connectivity index (χ3v) is 3.65. The number of urea groups is 1. The van der Waals surface area contributed by atoms with Crippen molar-refractivity contribution in [1.29, 1.82) is 0 Å². The van der Waals surface area contributed by atoms with E-state index in [9.17, 15) is 9.59 Å². The lowest BCUT2D eigenvalue weighted by Gasteiger charge is -2.20. The highest BCUT2D eigenvalue weighted by molar-refractivity contribution is 9.10. The van der Waals surface area contributed by atoms with E-state index in [4.69, 9.17) is 4.74 Å². The molecule has 2 rings (SSSR count). The largest absolute Gasteiger partial charge is 0.496 e. The van der Waals surface area contributed by atoms with Gasteiger partial charge in [0.25, 0.3) is 5.91 Å². The summed E-state index contributed by atoms with van der Waals surface area (Å²) >= 11 is 3.39. The molecule has 0 saturated carbocycles. The molecule has 108 valence electrons. The molecule has 0 unspecified atom stereocenters. The maximum atomic E-state index is 12.1. The van der Waals surface area contributed by atoms with Crippen molar-refractivity contribution < 1.29 is 14.3 Å². The van der Waals surface area contributed by atoms with Crippen LogP contribution in [0.5, 0.6) is 5.75 Å². The molecule has 1 aromatic rings. The van der Waals surface area contributed by atoms with Crippen molar-refractivity contribution in [3.05, 3.63) is 22.7 Å². The lowest BCUT2D eigenvalue weighted by molar-refractivity contribution is -0.128. The van der Waals surface area contributed by atoms with Gasteiger partial charge in [-0.3, -0.25) is 9.69 Å². The molecule has 1 atom stereocenters. The number of hydrogen-bond acceptors (Lipinski definition) is 4. The van der Waals surface area contributed by atoms with Gasteiger partial charge in [0, 0.05) is 18.8 Å². The Kier molecular flexibility index (Phi) is 4.49. The second-order valence-electron chi connectivity index (χ2n) is 4.44. The second kappa shape index (κ2) is 6.13. The van der Waals surface area contributed by atoms with E-state index in [-0.39, 0.29) is 11.9 Å². The number of nitrogens with zero attached hydrogens (tertiary/aromatic N) is 1. The Morgan fingerprint density at radius 2 is 2.30 bits per heavy atom. The van der Waals surface area contributed by atoms with Crippen LogP contribution in [0.3, 0.4) is 0 Å². The lowest BCUT2D eigenvalue weighted by Crippen LogP contribution is -2.43. The summed E-state index contributed by atoms with van der Waals surface area (Å²) in [5.41, 5.74) is 0.776. The van der Waals surface area contributed by atoms with Crippen molar-refractivity contribution in [3.8, 4) is 5.75 Å². The molecule has 0 aromatic heterocycles. The molecule has 1 aliphatic heterocycles. The summed E-state index contributed by atoms with van der Waals surface area (Å²) < 4.78 is 5.94. The van der Waals surface area contributed by atoms with Crippen molar-refractivity contribution in [2.24, 2.45) is 0 Å². The maximum Gasteiger partial charge on any atom is 0.324 e. The average molecular weight is 342 g/mol. The van der Waals surface area contributed by atoms with Crippen LogP contribution in [0, 0.1) is 0 Å². The van der Waals surface area contributed by atoms with Crippen LogP contribution in [-0.4, -0.2) is 43.1 Å². The first-order valence-corrected chi connectivity index (χ1v) is 7.01. The number of nitrogens with one attached hydrogen (secondary N) is 2. The molecule has 1 aliphatic rings.